The number of halogens is 2. The van der Waals surface area contributed by atoms with Crippen molar-refractivity contribution in [2.75, 3.05) is 13.2 Å². The molecule has 2 nitrogen and oxygen atoms in total. The maximum atomic E-state index is 9.14. The highest BCUT2D eigenvalue weighted by molar-refractivity contribution is 6.42. The van der Waals surface area contributed by atoms with E-state index in [4.69, 9.17) is 34.0 Å². The highest BCUT2D eigenvalue weighted by Crippen LogP contribution is 2.53. The Bertz CT molecular complexity index is 383. The molecular formula is C11H13Cl2NO. The van der Waals surface area contributed by atoms with Gasteiger partial charge < -0.3 is 10.8 Å². The summed E-state index contributed by atoms with van der Waals surface area (Å²) in [5.74, 6) is 0.264. The van der Waals surface area contributed by atoms with Crippen LogP contribution in [0.5, 0.6) is 0 Å². The first kappa shape index (κ1) is 11.2. The predicted molar refractivity (Wildman–Crippen MR) is 62.4 cm³/mol. The van der Waals surface area contributed by atoms with E-state index in [0.29, 0.717) is 16.6 Å². The Morgan fingerprint density at radius 2 is 2.13 bits per heavy atom. The molecule has 1 aromatic carbocycles. The van der Waals surface area contributed by atoms with Crippen LogP contribution in [0, 0.1) is 5.92 Å². The quantitative estimate of drug-likeness (QED) is 0.858. The summed E-state index contributed by atoms with van der Waals surface area (Å²) in [6, 6.07) is 5.58. The highest BCUT2D eigenvalue weighted by Gasteiger charge is 2.53. The molecule has 0 amide bonds. The van der Waals surface area contributed by atoms with Crippen LogP contribution in [0.15, 0.2) is 18.2 Å². The summed E-state index contributed by atoms with van der Waals surface area (Å²) in [7, 11) is 0. The molecule has 0 saturated heterocycles. The summed E-state index contributed by atoms with van der Waals surface area (Å²) >= 11 is 11.8. The van der Waals surface area contributed by atoms with Crippen molar-refractivity contribution < 1.29 is 5.11 Å². The second-order valence-corrected chi connectivity index (χ2v) is 4.89. The van der Waals surface area contributed by atoms with Gasteiger partial charge in [0.15, 0.2) is 0 Å². The van der Waals surface area contributed by atoms with Crippen molar-refractivity contribution in [3.63, 3.8) is 0 Å². The zero-order valence-corrected chi connectivity index (χ0v) is 9.72. The van der Waals surface area contributed by atoms with Crippen molar-refractivity contribution in [3.05, 3.63) is 33.8 Å². The molecule has 1 saturated carbocycles. The lowest BCUT2D eigenvalue weighted by atomic mass is 9.93. The van der Waals surface area contributed by atoms with Crippen molar-refractivity contribution in [2.24, 2.45) is 11.7 Å². The van der Waals surface area contributed by atoms with E-state index >= 15 is 0 Å². The van der Waals surface area contributed by atoms with Gasteiger partial charge in [-0.1, -0.05) is 29.3 Å². The molecule has 1 aliphatic carbocycles. The summed E-state index contributed by atoms with van der Waals surface area (Å²) in [6.45, 7) is 0.716. The Labute approximate surface area is 99.0 Å². The van der Waals surface area contributed by atoms with E-state index in [2.05, 4.69) is 0 Å². The predicted octanol–water partition coefficient (Wildman–Crippen LogP) is 2.20. The van der Waals surface area contributed by atoms with Gasteiger partial charge in [-0.15, -0.1) is 0 Å². The van der Waals surface area contributed by atoms with Crippen molar-refractivity contribution >= 4 is 23.2 Å². The van der Waals surface area contributed by atoms with E-state index < -0.39 is 0 Å². The lowest BCUT2D eigenvalue weighted by molar-refractivity contribution is 0.264. The van der Waals surface area contributed by atoms with E-state index in [-0.39, 0.29) is 17.9 Å². The van der Waals surface area contributed by atoms with Crippen LogP contribution < -0.4 is 5.73 Å². The summed E-state index contributed by atoms with van der Waals surface area (Å²) in [5, 5.41) is 10.2. The Hall–Kier alpha value is -0.280. The summed E-state index contributed by atoms with van der Waals surface area (Å²) in [5.41, 5.74) is 6.77. The Morgan fingerprint density at radius 1 is 1.40 bits per heavy atom. The van der Waals surface area contributed by atoms with Gasteiger partial charge in [-0.3, -0.25) is 0 Å². The van der Waals surface area contributed by atoms with Gasteiger partial charge in [-0.25, -0.2) is 0 Å². The number of rotatable bonds is 3. The number of aliphatic hydroxyl groups excluding tert-OH is 1. The number of nitrogens with two attached hydrogens (primary N) is 1. The molecule has 4 heteroatoms. The van der Waals surface area contributed by atoms with Gasteiger partial charge >= 0.3 is 0 Å². The molecule has 0 spiro atoms. The van der Waals surface area contributed by atoms with E-state index in [1.54, 1.807) is 6.07 Å². The van der Waals surface area contributed by atoms with Crippen LogP contribution >= 0.6 is 23.2 Å². The average Bonchev–Trinajstić information content (AvgIpc) is 2.97. The Kier molecular flexibility index (Phi) is 2.95. The van der Waals surface area contributed by atoms with Gasteiger partial charge in [0.1, 0.15) is 0 Å². The lowest BCUT2D eigenvalue weighted by Crippen LogP contribution is -2.23. The molecule has 1 aliphatic rings. The summed E-state index contributed by atoms with van der Waals surface area (Å²) in [4.78, 5) is 0. The SMILES string of the molecule is NCC1(c2ccc(Cl)c(Cl)c2)C[C@@H]1CO. The Morgan fingerprint density at radius 3 is 2.60 bits per heavy atom. The van der Waals surface area contributed by atoms with E-state index in [1.165, 1.54) is 0 Å². The van der Waals surface area contributed by atoms with E-state index in [1.807, 2.05) is 12.1 Å². The van der Waals surface area contributed by atoms with Crippen LogP contribution in [0.25, 0.3) is 0 Å². The molecule has 1 fully saturated rings. The van der Waals surface area contributed by atoms with Gasteiger partial charge in [0, 0.05) is 18.6 Å². The van der Waals surface area contributed by atoms with Crippen LogP contribution in [-0.2, 0) is 5.41 Å². The molecule has 0 bridgehead atoms. The standard InChI is InChI=1S/C11H13Cl2NO/c12-9-2-1-7(3-10(9)13)11(6-14)4-8(11)5-15/h1-3,8,15H,4-6,14H2/t8-,11?/m1/s1. The zero-order valence-electron chi connectivity index (χ0n) is 8.21. The zero-order chi connectivity index (χ0) is 11.1. The minimum atomic E-state index is -0.0804. The number of benzene rings is 1. The third-order valence-electron chi connectivity index (χ3n) is 3.31. The van der Waals surface area contributed by atoms with Crippen LogP contribution in [-0.4, -0.2) is 18.3 Å². The monoisotopic (exact) mass is 245 g/mol. The molecule has 82 valence electrons. The first-order chi connectivity index (χ1) is 7.14. The normalized spacial score (nSPS) is 29.2. The van der Waals surface area contributed by atoms with Crippen LogP contribution in [0.1, 0.15) is 12.0 Å². The molecule has 3 N–H and O–H groups in total. The first-order valence-electron chi connectivity index (χ1n) is 4.90. The smallest absolute Gasteiger partial charge is 0.0595 e. The largest absolute Gasteiger partial charge is 0.396 e. The Balaban J connectivity index is 2.33. The van der Waals surface area contributed by atoms with Gasteiger partial charge in [-0.05, 0) is 30.0 Å². The maximum Gasteiger partial charge on any atom is 0.0595 e. The number of hydrogen-bond acceptors (Lipinski definition) is 2. The molecule has 2 rings (SSSR count). The topological polar surface area (TPSA) is 46.2 Å². The van der Waals surface area contributed by atoms with Gasteiger partial charge in [0.25, 0.3) is 0 Å². The molecule has 1 unspecified atom stereocenters. The molecule has 1 aromatic rings. The van der Waals surface area contributed by atoms with Crippen LogP contribution in [0.2, 0.25) is 10.0 Å². The minimum Gasteiger partial charge on any atom is -0.396 e. The third-order valence-corrected chi connectivity index (χ3v) is 4.05. The van der Waals surface area contributed by atoms with Crippen LogP contribution in [0.4, 0.5) is 0 Å². The average molecular weight is 246 g/mol. The molecule has 2 atom stereocenters. The highest BCUT2D eigenvalue weighted by atomic mass is 35.5. The third kappa shape index (κ3) is 1.76. The van der Waals surface area contributed by atoms with Gasteiger partial charge in [-0.2, -0.15) is 0 Å². The van der Waals surface area contributed by atoms with Crippen molar-refractivity contribution in [3.8, 4) is 0 Å². The number of hydrogen-bond donors (Lipinski definition) is 2. The molecule has 0 heterocycles. The lowest BCUT2D eigenvalue weighted by Gasteiger charge is -2.15. The second-order valence-electron chi connectivity index (χ2n) is 4.07. The van der Waals surface area contributed by atoms with Crippen molar-refractivity contribution in [2.45, 2.75) is 11.8 Å². The molecule has 0 aromatic heterocycles. The molecule has 15 heavy (non-hydrogen) atoms. The van der Waals surface area contributed by atoms with Gasteiger partial charge in [0.2, 0.25) is 0 Å². The fourth-order valence-corrected chi connectivity index (χ4v) is 2.45. The van der Waals surface area contributed by atoms with Crippen LogP contribution in [0.3, 0.4) is 0 Å². The fourth-order valence-electron chi connectivity index (χ4n) is 2.15. The van der Waals surface area contributed by atoms with Crippen molar-refractivity contribution in [1.29, 1.82) is 0 Å². The molecular weight excluding hydrogens is 233 g/mol. The second kappa shape index (κ2) is 3.95. The number of aliphatic hydroxyl groups is 1. The maximum absolute atomic E-state index is 9.14. The molecule has 0 aliphatic heterocycles. The van der Waals surface area contributed by atoms with Crippen molar-refractivity contribution in [1.82, 2.24) is 0 Å². The van der Waals surface area contributed by atoms with E-state index in [0.717, 1.165) is 12.0 Å². The first-order valence-corrected chi connectivity index (χ1v) is 5.66. The minimum absolute atomic E-state index is 0.0804. The van der Waals surface area contributed by atoms with E-state index in [9.17, 15) is 0 Å². The van der Waals surface area contributed by atoms with Gasteiger partial charge in [0.05, 0.1) is 10.0 Å². The summed E-state index contributed by atoms with van der Waals surface area (Å²) < 4.78 is 0. The molecule has 0 radical (unpaired) electrons. The summed E-state index contributed by atoms with van der Waals surface area (Å²) in [6.07, 6.45) is 0.929. The fraction of sp³-hybridized carbons (Fsp3) is 0.455.